The number of nitrogens with two attached hydrogens (primary N) is 1. The van der Waals surface area contributed by atoms with E-state index in [1.54, 1.807) is 7.11 Å². The minimum absolute atomic E-state index is 0.415. The Morgan fingerprint density at radius 2 is 2.31 bits per heavy atom. The number of rotatable bonds is 4. The first-order valence-corrected chi connectivity index (χ1v) is 5.21. The molecule has 1 saturated heterocycles. The van der Waals surface area contributed by atoms with Crippen molar-refractivity contribution in [1.29, 1.82) is 0 Å². The summed E-state index contributed by atoms with van der Waals surface area (Å²) >= 11 is 0. The number of hydrogen-bond donors (Lipinski definition) is 1. The molecule has 0 saturated carbocycles. The van der Waals surface area contributed by atoms with Gasteiger partial charge in [-0.3, -0.25) is 0 Å². The van der Waals surface area contributed by atoms with Crippen LogP contribution in [0.3, 0.4) is 0 Å². The van der Waals surface area contributed by atoms with E-state index >= 15 is 0 Å². The highest BCUT2D eigenvalue weighted by molar-refractivity contribution is 4.79. The van der Waals surface area contributed by atoms with Crippen LogP contribution in [0.15, 0.2) is 0 Å². The molecule has 0 aromatic carbocycles. The largest absolute Gasteiger partial charge is 0.385 e. The monoisotopic (exact) mass is 186 g/mol. The number of methoxy groups -OCH3 is 1. The Morgan fingerprint density at radius 1 is 1.54 bits per heavy atom. The lowest BCUT2D eigenvalue weighted by Crippen LogP contribution is -2.46. The number of piperidine rings is 1. The molecule has 1 fully saturated rings. The number of hydrogen-bond acceptors (Lipinski definition) is 3. The lowest BCUT2D eigenvalue weighted by Gasteiger charge is -2.34. The first-order valence-electron chi connectivity index (χ1n) is 5.21. The second kappa shape index (κ2) is 5.58. The van der Waals surface area contributed by atoms with Gasteiger partial charge < -0.3 is 15.4 Å². The predicted molar refractivity (Wildman–Crippen MR) is 54.7 cm³/mol. The molecular formula is C10H22N2O. The van der Waals surface area contributed by atoms with Crippen molar-refractivity contribution in [2.24, 2.45) is 11.7 Å². The lowest BCUT2D eigenvalue weighted by molar-refractivity contribution is 0.136. The van der Waals surface area contributed by atoms with Gasteiger partial charge in [-0.1, -0.05) is 6.92 Å². The van der Waals surface area contributed by atoms with Crippen LogP contribution in [0.5, 0.6) is 0 Å². The molecule has 0 aromatic rings. The van der Waals surface area contributed by atoms with Crippen molar-refractivity contribution in [1.82, 2.24) is 4.90 Å². The summed E-state index contributed by atoms with van der Waals surface area (Å²) in [6.45, 7) is 6.59. The SMILES string of the molecule is COCCCN1CCC(N)C(C)C1. The zero-order valence-electron chi connectivity index (χ0n) is 8.83. The van der Waals surface area contributed by atoms with E-state index in [2.05, 4.69) is 11.8 Å². The van der Waals surface area contributed by atoms with Gasteiger partial charge in [0.25, 0.3) is 0 Å². The van der Waals surface area contributed by atoms with Gasteiger partial charge in [-0.05, 0) is 25.3 Å². The fourth-order valence-corrected chi connectivity index (χ4v) is 1.89. The maximum absolute atomic E-state index is 5.94. The Balaban J connectivity index is 2.14. The van der Waals surface area contributed by atoms with E-state index in [-0.39, 0.29) is 0 Å². The third kappa shape index (κ3) is 3.63. The van der Waals surface area contributed by atoms with Gasteiger partial charge in [0, 0.05) is 32.8 Å². The van der Waals surface area contributed by atoms with Crippen molar-refractivity contribution in [2.45, 2.75) is 25.8 Å². The summed E-state index contributed by atoms with van der Waals surface area (Å²) in [7, 11) is 1.76. The summed E-state index contributed by atoms with van der Waals surface area (Å²) in [5.41, 5.74) is 5.94. The van der Waals surface area contributed by atoms with E-state index in [0.29, 0.717) is 12.0 Å². The van der Waals surface area contributed by atoms with Crippen LogP contribution in [0.25, 0.3) is 0 Å². The summed E-state index contributed by atoms with van der Waals surface area (Å²) in [5, 5.41) is 0. The molecule has 0 bridgehead atoms. The highest BCUT2D eigenvalue weighted by atomic mass is 16.5. The van der Waals surface area contributed by atoms with E-state index in [1.165, 1.54) is 0 Å². The molecule has 13 heavy (non-hydrogen) atoms. The van der Waals surface area contributed by atoms with Gasteiger partial charge in [-0.2, -0.15) is 0 Å². The molecule has 3 nitrogen and oxygen atoms in total. The highest BCUT2D eigenvalue weighted by Crippen LogP contribution is 2.14. The van der Waals surface area contributed by atoms with Gasteiger partial charge in [0.15, 0.2) is 0 Å². The summed E-state index contributed by atoms with van der Waals surface area (Å²) < 4.78 is 5.03. The Kier molecular flexibility index (Phi) is 4.70. The average Bonchev–Trinajstić information content (AvgIpc) is 2.12. The molecule has 0 spiro atoms. The fraction of sp³-hybridized carbons (Fsp3) is 1.00. The van der Waals surface area contributed by atoms with Crippen LogP contribution in [-0.4, -0.2) is 44.3 Å². The zero-order valence-corrected chi connectivity index (χ0v) is 8.83. The molecule has 1 aliphatic heterocycles. The third-order valence-corrected chi connectivity index (χ3v) is 2.88. The van der Waals surface area contributed by atoms with E-state index in [4.69, 9.17) is 10.5 Å². The van der Waals surface area contributed by atoms with Crippen LogP contribution in [-0.2, 0) is 4.74 Å². The van der Waals surface area contributed by atoms with Crippen LogP contribution in [0, 0.1) is 5.92 Å². The predicted octanol–water partition coefficient (Wildman–Crippen LogP) is 0.692. The van der Waals surface area contributed by atoms with Crippen LogP contribution < -0.4 is 5.73 Å². The molecule has 0 radical (unpaired) electrons. The van der Waals surface area contributed by atoms with Crippen LogP contribution in [0.4, 0.5) is 0 Å². The molecule has 0 aliphatic carbocycles. The van der Waals surface area contributed by atoms with Gasteiger partial charge >= 0.3 is 0 Å². The van der Waals surface area contributed by atoms with Gasteiger partial charge in [0.2, 0.25) is 0 Å². The molecular weight excluding hydrogens is 164 g/mol. The molecule has 1 aliphatic rings. The van der Waals surface area contributed by atoms with Crippen molar-refractivity contribution in [2.75, 3.05) is 33.4 Å². The second-order valence-electron chi connectivity index (χ2n) is 4.08. The van der Waals surface area contributed by atoms with E-state index in [1.807, 2.05) is 0 Å². The quantitative estimate of drug-likeness (QED) is 0.657. The number of nitrogens with zero attached hydrogens (tertiary/aromatic N) is 1. The fourth-order valence-electron chi connectivity index (χ4n) is 1.89. The molecule has 1 rings (SSSR count). The first kappa shape index (κ1) is 11.0. The van der Waals surface area contributed by atoms with Crippen molar-refractivity contribution in [3.05, 3.63) is 0 Å². The summed E-state index contributed by atoms with van der Waals surface area (Å²) in [4.78, 5) is 2.49. The molecule has 0 amide bonds. The van der Waals surface area contributed by atoms with Crippen molar-refractivity contribution < 1.29 is 4.74 Å². The van der Waals surface area contributed by atoms with Crippen molar-refractivity contribution in [3.63, 3.8) is 0 Å². The molecule has 1 heterocycles. The lowest BCUT2D eigenvalue weighted by atomic mass is 9.95. The van der Waals surface area contributed by atoms with Gasteiger partial charge in [0.05, 0.1) is 0 Å². The Labute approximate surface area is 81.2 Å². The normalized spacial score (nSPS) is 30.7. The average molecular weight is 186 g/mol. The second-order valence-corrected chi connectivity index (χ2v) is 4.08. The summed E-state index contributed by atoms with van der Waals surface area (Å²) in [6, 6.07) is 0.415. The molecule has 2 unspecified atom stereocenters. The smallest absolute Gasteiger partial charge is 0.0474 e. The van der Waals surface area contributed by atoms with E-state index < -0.39 is 0 Å². The minimum Gasteiger partial charge on any atom is -0.385 e. The van der Waals surface area contributed by atoms with Crippen molar-refractivity contribution in [3.8, 4) is 0 Å². The molecule has 0 aromatic heterocycles. The van der Waals surface area contributed by atoms with Gasteiger partial charge in [-0.25, -0.2) is 0 Å². The van der Waals surface area contributed by atoms with E-state index in [9.17, 15) is 0 Å². The standard InChI is InChI=1S/C10H22N2O/c1-9-8-12(5-3-7-13-2)6-4-10(9)11/h9-10H,3-8,11H2,1-2H3. The first-order chi connectivity index (χ1) is 6.24. The molecule has 78 valence electrons. The molecule has 3 heteroatoms. The molecule has 2 atom stereocenters. The zero-order chi connectivity index (χ0) is 9.68. The Bertz CT molecular complexity index is 141. The number of ether oxygens (including phenoxy) is 1. The van der Waals surface area contributed by atoms with Crippen LogP contribution in [0.2, 0.25) is 0 Å². The molecule has 2 N–H and O–H groups in total. The van der Waals surface area contributed by atoms with E-state index in [0.717, 1.165) is 39.1 Å². The number of likely N-dealkylation sites (tertiary alicyclic amines) is 1. The third-order valence-electron chi connectivity index (χ3n) is 2.88. The minimum atomic E-state index is 0.415. The summed E-state index contributed by atoms with van der Waals surface area (Å²) in [6.07, 6.45) is 2.28. The van der Waals surface area contributed by atoms with Gasteiger partial charge in [-0.15, -0.1) is 0 Å². The summed E-state index contributed by atoms with van der Waals surface area (Å²) in [5.74, 6) is 0.649. The Morgan fingerprint density at radius 3 is 2.92 bits per heavy atom. The maximum Gasteiger partial charge on any atom is 0.0474 e. The maximum atomic E-state index is 5.94. The van der Waals surface area contributed by atoms with Gasteiger partial charge in [0.1, 0.15) is 0 Å². The topological polar surface area (TPSA) is 38.5 Å². The van der Waals surface area contributed by atoms with Crippen LogP contribution >= 0.6 is 0 Å². The Hall–Kier alpha value is -0.120. The van der Waals surface area contributed by atoms with Crippen LogP contribution in [0.1, 0.15) is 19.8 Å². The highest BCUT2D eigenvalue weighted by Gasteiger charge is 2.22. The van der Waals surface area contributed by atoms with Crippen molar-refractivity contribution >= 4 is 0 Å².